The van der Waals surface area contributed by atoms with E-state index in [0.717, 1.165) is 11.1 Å². The number of nitrogens with one attached hydrogen (secondary N) is 1. The second-order valence-corrected chi connectivity index (χ2v) is 7.91. The molecular formula is C25H24N2O7. The number of ether oxygens (including phenoxy) is 2. The third-order valence-corrected chi connectivity index (χ3v) is 5.57. The Hall–Kier alpha value is -4.14. The first kappa shape index (κ1) is 23.0. The van der Waals surface area contributed by atoms with Crippen molar-refractivity contribution in [3.63, 3.8) is 0 Å². The Morgan fingerprint density at radius 2 is 1.71 bits per heavy atom. The molecule has 1 aliphatic rings. The average Bonchev–Trinajstić information content (AvgIpc) is 2.86. The molecule has 1 aromatic heterocycles. The number of piperidine rings is 1. The molecule has 0 atom stereocenters. The van der Waals surface area contributed by atoms with Crippen LogP contribution in [0.5, 0.6) is 5.75 Å². The van der Waals surface area contributed by atoms with E-state index in [2.05, 4.69) is 5.32 Å². The largest absolute Gasteiger partial charge is 0.482 e. The summed E-state index contributed by atoms with van der Waals surface area (Å²) in [5.74, 6) is -0.912. The third kappa shape index (κ3) is 6.00. The van der Waals surface area contributed by atoms with Crippen LogP contribution in [0, 0.1) is 5.92 Å². The van der Waals surface area contributed by atoms with E-state index in [1.54, 1.807) is 23.1 Å². The van der Waals surface area contributed by atoms with Crippen molar-refractivity contribution in [3.05, 3.63) is 71.1 Å². The number of esters is 1. The molecule has 0 bridgehead atoms. The van der Waals surface area contributed by atoms with Crippen molar-refractivity contribution < 1.29 is 28.3 Å². The maximum atomic E-state index is 12.4. The number of rotatable bonds is 7. The number of nitrogens with zero attached hydrogens (tertiary/aromatic N) is 1. The molecule has 1 aliphatic heterocycles. The number of amides is 2. The second-order valence-electron chi connectivity index (χ2n) is 7.91. The second kappa shape index (κ2) is 10.7. The monoisotopic (exact) mass is 464 g/mol. The SMILES string of the molecule is O=C(COc1ccc2ccc(=O)oc2c1)OCC(=O)N1CCC(C(=O)Nc2ccccc2)CC1. The van der Waals surface area contributed by atoms with Crippen LogP contribution in [-0.4, -0.2) is 49.0 Å². The Kier molecular flexibility index (Phi) is 7.22. The summed E-state index contributed by atoms with van der Waals surface area (Å²) in [7, 11) is 0. The van der Waals surface area contributed by atoms with E-state index in [1.807, 2.05) is 30.3 Å². The lowest BCUT2D eigenvalue weighted by Gasteiger charge is -2.31. The fraction of sp³-hybridized carbons (Fsp3) is 0.280. The summed E-state index contributed by atoms with van der Waals surface area (Å²) in [6.07, 6.45) is 1.08. The Labute approximate surface area is 195 Å². The quantitative estimate of drug-likeness (QED) is 0.422. The van der Waals surface area contributed by atoms with E-state index in [9.17, 15) is 19.2 Å². The van der Waals surface area contributed by atoms with Gasteiger partial charge in [0.05, 0.1) is 0 Å². The summed E-state index contributed by atoms with van der Waals surface area (Å²) in [4.78, 5) is 49.7. The Morgan fingerprint density at radius 3 is 2.47 bits per heavy atom. The van der Waals surface area contributed by atoms with Crippen molar-refractivity contribution in [3.8, 4) is 5.75 Å². The number of fused-ring (bicyclic) bond motifs is 1. The van der Waals surface area contributed by atoms with Gasteiger partial charge in [-0.2, -0.15) is 0 Å². The van der Waals surface area contributed by atoms with E-state index in [4.69, 9.17) is 13.9 Å². The van der Waals surface area contributed by atoms with Gasteiger partial charge in [-0.25, -0.2) is 9.59 Å². The lowest BCUT2D eigenvalue weighted by molar-refractivity contribution is -0.154. The van der Waals surface area contributed by atoms with Crippen molar-refractivity contribution in [2.75, 3.05) is 31.6 Å². The highest BCUT2D eigenvalue weighted by Crippen LogP contribution is 2.21. The van der Waals surface area contributed by atoms with Gasteiger partial charge in [-0.3, -0.25) is 9.59 Å². The molecule has 0 spiro atoms. The summed E-state index contributed by atoms with van der Waals surface area (Å²) in [6, 6.07) is 17.0. The molecule has 9 heteroatoms. The zero-order valence-corrected chi connectivity index (χ0v) is 18.4. The van der Waals surface area contributed by atoms with Gasteiger partial charge < -0.3 is 24.1 Å². The van der Waals surface area contributed by atoms with Crippen LogP contribution in [0.3, 0.4) is 0 Å². The number of carbonyl (C=O) groups excluding carboxylic acids is 3. The summed E-state index contributed by atoms with van der Waals surface area (Å²) in [5, 5.41) is 3.61. The first-order chi connectivity index (χ1) is 16.5. The highest BCUT2D eigenvalue weighted by Gasteiger charge is 2.27. The van der Waals surface area contributed by atoms with Crippen LogP contribution in [0.25, 0.3) is 11.0 Å². The molecule has 2 amide bonds. The minimum absolute atomic E-state index is 0.0603. The third-order valence-electron chi connectivity index (χ3n) is 5.57. The predicted molar refractivity (Wildman–Crippen MR) is 123 cm³/mol. The van der Waals surface area contributed by atoms with Gasteiger partial charge in [0.1, 0.15) is 11.3 Å². The molecular weight excluding hydrogens is 440 g/mol. The van der Waals surface area contributed by atoms with Crippen molar-refractivity contribution in [1.82, 2.24) is 4.90 Å². The summed E-state index contributed by atoms with van der Waals surface area (Å²) in [5.41, 5.74) is 0.603. The molecule has 2 heterocycles. The molecule has 1 saturated heterocycles. The van der Waals surface area contributed by atoms with Gasteiger partial charge in [-0.1, -0.05) is 18.2 Å². The minimum atomic E-state index is -0.694. The molecule has 1 N–H and O–H groups in total. The molecule has 3 aromatic rings. The van der Waals surface area contributed by atoms with Crippen LogP contribution in [-0.2, 0) is 19.1 Å². The zero-order chi connectivity index (χ0) is 23.9. The maximum absolute atomic E-state index is 12.4. The van der Waals surface area contributed by atoms with Crippen LogP contribution < -0.4 is 15.7 Å². The molecule has 0 aliphatic carbocycles. The topological polar surface area (TPSA) is 115 Å². The molecule has 4 rings (SSSR count). The molecule has 0 saturated carbocycles. The number of likely N-dealkylation sites (tertiary alicyclic amines) is 1. The summed E-state index contributed by atoms with van der Waals surface area (Å²) >= 11 is 0. The van der Waals surface area contributed by atoms with Gasteiger partial charge >= 0.3 is 11.6 Å². The highest BCUT2D eigenvalue weighted by atomic mass is 16.6. The number of anilines is 1. The molecule has 0 radical (unpaired) electrons. The van der Waals surface area contributed by atoms with E-state index >= 15 is 0 Å². The number of hydrogen-bond donors (Lipinski definition) is 1. The van der Waals surface area contributed by atoms with Crippen LogP contribution in [0.2, 0.25) is 0 Å². The van der Waals surface area contributed by atoms with Gasteiger partial charge in [-0.15, -0.1) is 0 Å². The van der Waals surface area contributed by atoms with E-state index in [-0.39, 0.29) is 17.7 Å². The molecule has 1 fully saturated rings. The Balaban J connectivity index is 1.18. The van der Waals surface area contributed by atoms with Gasteiger partial charge in [0, 0.05) is 42.2 Å². The minimum Gasteiger partial charge on any atom is -0.482 e. The summed E-state index contributed by atoms with van der Waals surface area (Å²) < 4.78 is 15.5. The first-order valence-electron chi connectivity index (χ1n) is 10.9. The number of hydrogen-bond acceptors (Lipinski definition) is 7. The molecule has 176 valence electrons. The lowest BCUT2D eigenvalue weighted by Crippen LogP contribution is -2.43. The van der Waals surface area contributed by atoms with Crippen LogP contribution in [0.1, 0.15) is 12.8 Å². The van der Waals surface area contributed by atoms with Crippen molar-refractivity contribution in [2.45, 2.75) is 12.8 Å². The standard InChI is InChI=1S/C25H24N2O7/c28-22(27-12-10-18(11-13-27)25(31)26-19-4-2-1-3-5-19)15-33-24(30)16-32-20-8-6-17-7-9-23(29)34-21(17)14-20/h1-9,14,18H,10-13,15-16H2,(H,26,31). The fourth-order valence-corrected chi connectivity index (χ4v) is 3.71. The van der Waals surface area contributed by atoms with Gasteiger partial charge in [-0.05, 0) is 43.2 Å². The van der Waals surface area contributed by atoms with Gasteiger partial charge in [0.25, 0.3) is 5.91 Å². The lowest BCUT2D eigenvalue weighted by atomic mass is 9.95. The fourth-order valence-electron chi connectivity index (χ4n) is 3.71. The molecule has 0 unspecified atom stereocenters. The smallest absolute Gasteiger partial charge is 0.344 e. The van der Waals surface area contributed by atoms with E-state index < -0.39 is 24.8 Å². The molecule has 2 aromatic carbocycles. The number of benzene rings is 2. The van der Waals surface area contributed by atoms with Crippen molar-refractivity contribution in [2.24, 2.45) is 5.92 Å². The van der Waals surface area contributed by atoms with E-state index in [1.165, 1.54) is 12.1 Å². The summed E-state index contributed by atoms with van der Waals surface area (Å²) in [6.45, 7) is 0.0529. The van der Waals surface area contributed by atoms with Crippen LogP contribution >= 0.6 is 0 Å². The number of carbonyl (C=O) groups is 3. The van der Waals surface area contributed by atoms with Crippen molar-refractivity contribution in [1.29, 1.82) is 0 Å². The molecule has 34 heavy (non-hydrogen) atoms. The normalized spacial score (nSPS) is 13.9. The Morgan fingerprint density at radius 1 is 0.971 bits per heavy atom. The van der Waals surface area contributed by atoms with Crippen LogP contribution in [0.4, 0.5) is 5.69 Å². The van der Waals surface area contributed by atoms with Gasteiger partial charge in [0.2, 0.25) is 5.91 Å². The zero-order valence-electron chi connectivity index (χ0n) is 18.4. The maximum Gasteiger partial charge on any atom is 0.344 e. The van der Waals surface area contributed by atoms with E-state index in [0.29, 0.717) is 37.3 Å². The predicted octanol–water partition coefficient (Wildman–Crippen LogP) is 2.59. The number of para-hydroxylation sites is 1. The molecule has 9 nitrogen and oxygen atoms in total. The highest BCUT2D eigenvalue weighted by molar-refractivity contribution is 5.92. The van der Waals surface area contributed by atoms with Crippen molar-refractivity contribution >= 4 is 34.4 Å². The Bertz CT molecular complexity index is 1230. The van der Waals surface area contributed by atoms with Gasteiger partial charge in [0.15, 0.2) is 13.2 Å². The average molecular weight is 464 g/mol. The first-order valence-corrected chi connectivity index (χ1v) is 10.9. The van der Waals surface area contributed by atoms with Crippen LogP contribution in [0.15, 0.2) is 69.9 Å².